The molecule has 0 aliphatic carbocycles. The van der Waals surface area contributed by atoms with Crippen LogP contribution in [0.15, 0.2) is 66.7 Å². The number of amides is 1. The summed E-state index contributed by atoms with van der Waals surface area (Å²) in [5, 5.41) is 6.81. The summed E-state index contributed by atoms with van der Waals surface area (Å²) in [5.74, 6) is 0.395. The van der Waals surface area contributed by atoms with Crippen LogP contribution >= 0.6 is 0 Å². The van der Waals surface area contributed by atoms with Crippen molar-refractivity contribution in [2.75, 3.05) is 38.1 Å². The van der Waals surface area contributed by atoms with E-state index in [0.29, 0.717) is 17.8 Å². The van der Waals surface area contributed by atoms with Gasteiger partial charge in [-0.1, -0.05) is 6.07 Å². The van der Waals surface area contributed by atoms with E-state index >= 15 is 0 Å². The molecule has 2 aromatic rings. The van der Waals surface area contributed by atoms with E-state index in [9.17, 15) is 4.79 Å². The summed E-state index contributed by atoms with van der Waals surface area (Å²) in [6.45, 7) is 4.32. The minimum absolute atomic E-state index is 0.419. The average molecular weight is 406 g/mol. The van der Waals surface area contributed by atoms with Gasteiger partial charge in [-0.05, 0) is 55.2 Å². The molecule has 0 spiro atoms. The van der Waals surface area contributed by atoms with Gasteiger partial charge in [0.05, 0.1) is 11.3 Å². The molecule has 1 saturated heterocycles. The smallest absolute Gasteiger partial charge is 0.248 e. The Bertz CT molecular complexity index is 951. The van der Waals surface area contributed by atoms with Crippen molar-refractivity contribution in [2.24, 2.45) is 5.73 Å². The molecular formula is C22H27N7O. The van der Waals surface area contributed by atoms with Crippen LogP contribution in [0.4, 0.5) is 5.82 Å². The summed E-state index contributed by atoms with van der Waals surface area (Å²) in [6, 6.07) is 9.77. The first kappa shape index (κ1) is 20.1. The molecule has 1 atom stereocenters. The Hall–Kier alpha value is -3.23. The highest BCUT2D eigenvalue weighted by molar-refractivity contribution is 5.95. The fourth-order valence-corrected chi connectivity index (χ4v) is 3.81. The lowest BCUT2D eigenvalue weighted by Gasteiger charge is -2.39. The van der Waals surface area contributed by atoms with Crippen LogP contribution in [-0.4, -0.2) is 54.0 Å². The van der Waals surface area contributed by atoms with Crippen LogP contribution in [0.3, 0.4) is 0 Å². The van der Waals surface area contributed by atoms with E-state index < -0.39 is 11.6 Å². The molecule has 4 heterocycles. The van der Waals surface area contributed by atoms with E-state index in [1.54, 1.807) is 30.7 Å². The number of primary amides is 1. The Kier molecular flexibility index (Phi) is 5.78. The Balaban J connectivity index is 1.69. The van der Waals surface area contributed by atoms with Crippen LogP contribution in [0.2, 0.25) is 0 Å². The predicted octanol–water partition coefficient (Wildman–Crippen LogP) is 0.700. The first-order valence-corrected chi connectivity index (χ1v) is 10.1. The second kappa shape index (κ2) is 8.64. The number of piperazine rings is 1. The molecule has 0 radical (unpaired) electrons. The van der Waals surface area contributed by atoms with Crippen molar-refractivity contribution in [3.63, 3.8) is 0 Å². The lowest BCUT2D eigenvalue weighted by Crippen LogP contribution is -2.57. The molecule has 2 aromatic heterocycles. The number of nitrogens with zero attached hydrogens (tertiary/aromatic N) is 4. The summed E-state index contributed by atoms with van der Waals surface area (Å²) in [7, 11) is 2.13. The van der Waals surface area contributed by atoms with Crippen LogP contribution in [0.1, 0.15) is 11.3 Å². The van der Waals surface area contributed by atoms with Gasteiger partial charge in [-0.2, -0.15) is 0 Å². The van der Waals surface area contributed by atoms with Gasteiger partial charge in [-0.3, -0.25) is 15.1 Å². The summed E-state index contributed by atoms with van der Waals surface area (Å²) in [5.41, 5.74) is 6.91. The van der Waals surface area contributed by atoms with Crippen molar-refractivity contribution in [1.29, 1.82) is 0 Å². The Morgan fingerprint density at radius 3 is 2.70 bits per heavy atom. The van der Waals surface area contributed by atoms with Gasteiger partial charge in [-0.25, -0.2) is 4.98 Å². The third-order valence-corrected chi connectivity index (χ3v) is 5.58. The summed E-state index contributed by atoms with van der Waals surface area (Å²) in [6.07, 6.45) is 8.81. The zero-order chi connectivity index (χ0) is 21.0. The SMILES string of the molecule is CN1CCN(c2cccc(C3(NCc4ccncc4)NC=CC=C3C(N)=O)n2)CC1. The van der Waals surface area contributed by atoms with Gasteiger partial charge >= 0.3 is 0 Å². The van der Waals surface area contributed by atoms with E-state index in [1.165, 1.54) is 0 Å². The molecule has 1 amide bonds. The maximum absolute atomic E-state index is 12.4. The van der Waals surface area contributed by atoms with Gasteiger partial charge in [0.15, 0.2) is 5.66 Å². The maximum atomic E-state index is 12.4. The number of nitrogens with one attached hydrogen (secondary N) is 2. The lowest BCUT2D eigenvalue weighted by molar-refractivity contribution is -0.115. The average Bonchev–Trinajstić information content (AvgIpc) is 2.79. The summed E-state index contributed by atoms with van der Waals surface area (Å²) < 4.78 is 0. The number of hydrogen-bond acceptors (Lipinski definition) is 7. The van der Waals surface area contributed by atoms with Crippen molar-refractivity contribution in [3.05, 3.63) is 77.9 Å². The van der Waals surface area contributed by atoms with E-state index in [0.717, 1.165) is 37.6 Å². The number of nitrogens with two attached hydrogens (primary N) is 1. The number of carbonyl (C=O) groups is 1. The van der Waals surface area contributed by atoms with Crippen molar-refractivity contribution < 1.29 is 4.79 Å². The third kappa shape index (κ3) is 4.05. The zero-order valence-corrected chi connectivity index (χ0v) is 17.1. The largest absolute Gasteiger partial charge is 0.366 e. The van der Waals surface area contributed by atoms with Gasteiger partial charge in [-0.15, -0.1) is 0 Å². The number of allylic oxidation sites excluding steroid dienone is 2. The van der Waals surface area contributed by atoms with E-state index in [-0.39, 0.29) is 0 Å². The fraction of sp³-hybridized carbons (Fsp3) is 0.318. The van der Waals surface area contributed by atoms with Crippen molar-refractivity contribution >= 4 is 11.7 Å². The van der Waals surface area contributed by atoms with E-state index in [2.05, 4.69) is 32.5 Å². The summed E-state index contributed by atoms with van der Waals surface area (Å²) in [4.78, 5) is 26.0. The quantitative estimate of drug-likeness (QED) is 0.651. The predicted molar refractivity (Wildman–Crippen MR) is 116 cm³/mol. The zero-order valence-electron chi connectivity index (χ0n) is 17.1. The van der Waals surface area contributed by atoms with Gasteiger partial charge in [0.2, 0.25) is 5.91 Å². The van der Waals surface area contributed by atoms with Gasteiger partial charge in [0, 0.05) is 45.1 Å². The fourth-order valence-electron chi connectivity index (χ4n) is 3.81. The van der Waals surface area contributed by atoms with Gasteiger partial charge in [0.25, 0.3) is 0 Å². The van der Waals surface area contributed by atoms with Crippen molar-refractivity contribution in [3.8, 4) is 0 Å². The number of aromatic nitrogens is 2. The lowest BCUT2D eigenvalue weighted by atomic mass is 9.91. The second-order valence-electron chi connectivity index (χ2n) is 7.58. The molecule has 1 fully saturated rings. The van der Waals surface area contributed by atoms with Crippen molar-refractivity contribution in [2.45, 2.75) is 12.2 Å². The Morgan fingerprint density at radius 1 is 1.20 bits per heavy atom. The minimum Gasteiger partial charge on any atom is -0.366 e. The number of hydrogen-bond donors (Lipinski definition) is 3. The molecule has 1 unspecified atom stereocenters. The summed E-state index contributed by atoms with van der Waals surface area (Å²) >= 11 is 0. The molecule has 2 aliphatic rings. The normalized spacial score (nSPS) is 21.8. The van der Waals surface area contributed by atoms with Crippen LogP contribution in [-0.2, 0) is 17.0 Å². The Labute approximate surface area is 176 Å². The maximum Gasteiger partial charge on any atom is 0.248 e. The Morgan fingerprint density at radius 2 is 1.97 bits per heavy atom. The molecule has 156 valence electrons. The number of dihydropyridines is 1. The molecular weight excluding hydrogens is 378 g/mol. The number of likely N-dealkylation sites (N-methyl/N-ethyl adjacent to an activating group) is 1. The molecule has 2 aliphatic heterocycles. The van der Waals surface area contributed by atoms with Crippen LogP contribution < -0.4 is 21.3 Å². The van der Waals surface area contributed by atoms with Gasteiger partial charge < -0.3 is 20.9 Å². The van der Waals surface area contributed by atoms with E-state index in [1.807, 2.05) is 30.3 Å². The first-order chi connectivity index (χ1) is 14.6. The molecule has 0 aromatic carbocycles. The first-order valence-electron chi connectivity index (χ1n) is 10.1. The van der Waals surface area contributed by atoms with Crippen molar-refractivity contribution in [1.82, 2.24) is 25.5 Å². The van der Waals surface area contributed by atoms with Crippen LogP contribution in [0, 0.1) is 0 Å². The molecule has 4 rings (SSSR count). The molecule has 8 nitrogen and oxygen atoms in total. The molecule has 8 heteroatoms. The third-order valence-electron chi connectivity index (χ3n) is 5.58. The van der Waals surface area contributed by atoms with Crippen LogP contribution in [0.5, 0.6) is 0 Å². The minimum atomic E-state index is -1.02. The molecule has 0 bridgehead atoms. The topological polar surface area (TPSA) is 99.4 Å². The number of anilines is 1. The van der Waals surface area contributed by atoms with Crippen LogP contribution in [0.25, 0.3) is 0 Å². The number of rotatable bonds is 6. The number of carbonyl (C=O) groups excluding carboxylic acids is 1. The van der Waals surface area contributed by atoms with E-state index in [4.69, 9.17) is 10.7 Å². The monoisotopic (exact) mass is 405 g/mol. The highest BCUT2D eigenvalue weighted by atomic mass is 16.1. The van der Waals surface area contributed by atoms with Gasteiger partial charge in [0.1, 0.15) is 5.82 Å². The number of pyridine rings is 2. The second-order valence-corrected chi connectivity index (χ2v) is 7.58. The molecule has 4 N–H and O–H groups in total. The highest BCUT2D eigenvalue weighted by Crippen LogP contribution is 2.30. The highest BCUT2D eigenvalue weighted by Gasteiger charge is 2.40. The molecule has 0 saturated carbocycles. The standard InChI is InChI=1S/C22H27N7O/c1-28-12-14-29(15-13-28)20-6-2-5-19(27-20)22(18(21(23)30)4-3-9-25-22)26-16-17-7-10-24-11-8-17/h2-11,25-26H,12-16H2,1H3,(H2,23,30). The molecule has 30 heavy (non-hydrogen) atoms.